The van der Waals surface area contributed by atoms with Crippen LogP contribution in [0, 0.1) is 23.2 Å². The number of ether oxygens (including phenoxy) is 1. The SMILES string of the molecule is CNCc1cc2c(cc1OC)CC(C)N/C2=C\C(=O)C12CC3CC(CC(C3)C1)C2. The number of fused-ring (bicyclic) bond motifs is 1. The molecule has 0 saturated heterocycles. The molecule has 0 amide bonds. The minimum Gasteiger partial charge on any atom is -0.496 e. The third-order valence-electron chi connectivity index (χ3n) is 7.93. The lowest BCUT2D eigenvalue weighted by molar-refractivity contribution is -0.138. The molecule has 4 bridgehead atoms. The summed E-state index contributed by atoms with van der Waals surface area (Å²) in [5.41, 5.74) is 4.52. The van der Waals surface area contributed by atoms with Crippen LogP contribution in [-0.2, 0) is 17.8 Å². The Morgan fingerprint density at radius 2 is 1.86 bits per heavy atom. The molecule has 4 fully saturated rings. The van der Waals surface area contributed by atoms with Crippen LogP contribution in [0.3, 0.4) is 0 Å². The average molecular weight is 395 g/mol. The lowest BCUT2D eigenvalue weighted by Gasteiger charge is -2.55. The molecule has 4 heteroatoms. The fourth-order valence-electron chi connectivity index (χ4n) is 7.15. The standard InChI is InChI=1S/C25H34N2O2/c1-15-4-19-9-23(29-3)20(14-26-2)8-21(19)22(27-15)10-24(28)25-11-16-5-17(12-25)7-18(6-16)13-25/h8-10,15-18,26-27H,4-7,11-14H2,1-3H3/b22-10-. The highest BCUT2D eigenvalue weighted by molar-refractivity contribution is 6.01. The molecule has 4 aliphatic carbocycles. The molecule has 1 aromatic carbocycles. The van der Waals surface area contributed by atoms with Gasteiger partial charge in [0.2, 0.25) is 0 Å². The Bertz CT molecular complexity index is 821. The number of ketones is 1. The molecule has 1 aromatic rings. The summed E-state index contributed by atoms with van der Waals surface area (Å²) in [6.07, 6.45) is 10.4. The van der Waals surface area contributed by atoms with E-state index in [0.717, 1.165) is 67.0 Å². The van der Waals surface area contributed by atoms with E-state index in [-0.39, 0.29) is 5.41 Å². The molecule has 2 N–H and O–H groups in total. The zero-order valence-electron chi connectivity index (χ0n) is 18.0. The number of rotatable bonds is 5. The van der Waals surface area contributed by atoms with Gasteiger partial charge in [0.05, 0.1) is 7.11 Å². The lowest BCUT2D eigenvalue weighted by atomic mass is 9.48. The fraction of sp³-hybridized carbons (Fsp3) is 0.640. The van der Waals surface area contributed by atoms with E-state index in [1.54, 1.807) is 7.11 Å². The Labute approximate surface area is 174 Å². The second kappa shape index (κ2) is 7.16. The number of carbonyl (C=O) groups is 1. The number of carbonyl (C=O) groups excluding carboxylic acids is 1. The van der Waals surface area contributed by atoms with Crippen molar-refractivity contribution in [1.29, 1.82) is 0 Å². The highest BCUT2D eigenvalue weighted by Crippen LogP contribution is 2.60. The molecule has 0 spiro atoms. The highest BCUT2D eigenvalue weighted by atomic mass is 16.5. The van der Waals surface area contributed by atoms with Crippen LogP contribution >= 0.6 is 0 Å². The van der Waals surface area contributed by atoms with Gasteiger partial charge in [0.15, 0.2) is 5.78 Å². The summed E-state index contributed by atoms with van der Waals surface area (Å²) in [6, 6.07) is 4.70. The Balaban J connectivity index is 1.51. The highest BCUT2D eigenvalue weighted by Gasteiger charge is 2.53. The number of benzene rings is 1. The van der Waals surface area contributed by atoms with E-state index in [1.165, 1.54) is 30.4 Å². The van der Waals surface area contributed by atoms with E-state index in [0.29, 0.717) is 11.8 Å². The number of hydrogen-bond donors (Lipinski definition) is 2. The van der Waals surface area contributed by atoms with E-state index in [4.69, 9.17) is 4.74 Å². The molecule has 0 radical (unpaired) electrons. The molecule has 156 valence electrons. The Morgan fingerprint density at radius 3 is 2.45 bits per heavy atom. The van der Waals surface area contributed by atoms with Gasteiger partial charge in [0, 0.05) is 40.9 Å². The summed E-state index contributed by atoms with van der Waals surface area (Å²) >= 11 is 0. The normalized spacial score (nSPS) is 36.0. The van der Waals surface area contributed by atoms with Crippen LogP contribution in [0.2, 0.25) is 0 Å². The van der Waals surface area contributed by atoms with Gasteiger partial charge in [-0.3, -0.25) is 4.79 Å². The molecule has 4 nitrogen and oxygen atoms in total. The first-order valence-electron chi connectivity index (χ1n) is 11.4. The molecular formula is C25H34N2O2. The van der Waals surface area contributed by atoms with Crippen molar-refractivity contribution in [3.05, 3.63) is 34.9 Å². The van der Waals surface area contributed by atoms with Gasteiger partial charge in [-0.15, -0.1) is 0 Å². The molecule has 1 heterocycles. The van der Waals surface area contributed by atoms with E-state index in [2.05, 4.69) is 29.7 Å². The van der Waals surface area contributed by atoms with Gasteiger partial charge < -0.3 is 15.4 Å². The van der Waals surface area contributed by atoms with Crippen LogP contribution in [0.1, 0.15) is 62.1 Å². The summed E-state index contributed by atoms with van der Waals surface area (Å²) in [5.74, 6) is 3.69. The largest absolute Gasteiger partial charge is 0.496 e. The first kappa shape index (κ1) is 19.2. The fourth-order valence-corrected chi connectivity index (χ4v) is 7.15. The van der Waals surface area contributed by atoms with E-state index >= 15 is 0 Å². The van der Waals surface area contributed by atoms with Gasteiger partial charge in [0.25, 0.3) is 0 Å². The molecule has 6 rings (SSSR count). The van der Waals surface area contributed by atoms with Crippen molar-refractivity contribution < 1.29 is 9.53 Å². The van der Waals surface area contributed by atoms with Crippen LogP contribution < -0.4 is 15.4 Å². The number of allylic oxidation sites excluding steroid dienone is 1. The second-order valence-corrected chi connectivity index (χ2v) is 10.2. The van der Waals surface area contributed by atoms with Crippen LogP contribution in [0.4, 0.5) is 0 Å². The summed E-state index contributed by atoms with van der Waals surface area (Å²) in [7, 11) is 3.69. The summed E-state index contributed by atoms with van der Waals surface area (Å²) in [5, 5.41) is 6.85. The smallest absolute Gasteiger partial charge is 0.163 e. The first-order chi connectivity index (χ1) is 14.0. The summed E-state index contributed by atoms with van der Waals surface area (Å²) in [6.45, 7) is 2.95. The van der Waals surface area contributed by atoms with Gasteiger partial charge in [0.1, 0.15) is 5.75 Å². The van der Waals surface area contributed by atoms with Crippen molar-refractivity contribution in [2.24, 2.45) is 23.2 Å². The lowest BCUT2D eigenvalue weighted by Crippen LogP contribution is -2.49. The zero-order valence-corrected chi connectivity index (χ0v) is 18.0. The molecule has 5 aliphatic rings. The zero-order chi connectivity index (χ0) is 20.2. The third-order valence-corrected chi connectivity index (χ3v) is 7.93. The van der Waals surface area contributed by atoms with E-state index in [1.807, 2.05) is 13.1 Å². The van der Waals surface area contributed by atoms with Crippen molar-refractivity contribution in [1.82, 2.24) is 10.6 Å². The molecular weight excluding hydrogens is 360 g/mol. The first-order valence-corrected chi connectivity index (χ1v) is 11.4. The quantitative estimate of drug-likeness (QED) is 0.739. The molecule has 29 heavy (non-hydrogen) atoms. The predicted molar refractivity (Wildman–Crippen MR) is 116 cm³/mol. The molecule has 0 aromatic heterocycles. The minimum absolute atomic E-state index is 0.0788. The maximum Gasteiger partial charge on any atom is 0.163 e. The molecule has 1 atom stereocenters. The van der Waals surface area contributed by atoms with Crippen LogP contribution in [-0.4, -0.2) is 26.0 Å². The minimum atomic E-state index is -0.0788. The predicted octanol–water partition coefficient (Wildman–Crippen LogP) is 4.08. The van der Waals surface area contributed by atoms with Crippen molar-refractivity contribution >= 4 is 11.5 Å². The molecule has 4 saturated carbocycles. The van der Waals surface area contributed by atoms with Crippen molar-refractivity contribution in [3.63, 3.8) is 0 Å². The Kier molecular flexibility index (Phi) is 4.73. The van der Waals surface area contributed by atoms with E-state index < -0.39 is 0 Å². The average Bonchev–Trinajstić information content (AvgIpc) is 2.67. The van der Waals surface area contributed by atoms with Crippen LogP contribution in [0.25, 0.3) is 5.70 Å². The molecule has 1 unspecified atom stereocenters. The van der Waals surface area contributed by atoms with Gasteiger partial charge in [-0.05, 0) is 94.4 Å². The van der Waals surface area contributed by atoms with Gasteiger partial charge in [-0.2, -0.15) is 0 Å². The summed E-state index contributed by atoms with van der Waals surface area (Å²) in [4.78, 5) is 13.7. The Hall–Kier alpha value is -1.81. The topological polar surface area (TPSA) is 50.4 Å². The molecule has 1 aliphatic heterocycles. The van der Waals surface area contributed by atoms with Gasteiger partial charge in [-0.25, -0.2) is 0 Å². The van der Waals surface area contributed by atoms with Crippen LogP contribution in [0.5, 0.6) is 5.75 Å². The van der Waals surface area contributed by atoms with Crippen molar-refractivity contribution in [2.45, 2.75) is 64.5 Å². The Morgan fingerprint density at radius 1 is 1.21 bits per heavy atom. The third kappa shape index (κ3) is 3.30. The second-order valence-electron chi connectivity index (χ2n) is 10.2. The van der Waals surface area contributed by atoms with Crippen LogP contribution in [0.15, 0.2) is 18.2 Å². The maximum atomic E-state index is 13.7. The number of methoxy groups -OCH3 is 1. The van der Waals surface area contributed by atoms with Gasteiger partial charge >= 0.3 is 0 Å². The summed E-state index contributed by atoms with van der Waals surface area (Å²) < 4.78 is 5.63. The number of hydrogen-bond acceptors (Lipinski definition) is 4. The van der Waals surface area contributed by atoms with E-state index in [9.17, 15) is 4.79 Å². The number of nitrogens with one attached hydrogen (secondary N) is 2. The van der Waals surface area contributed by atoms with Gasteiger partial charge in [-0.1, -0.05) is 0 Å². The monoisotopic (exact) mass is 394 g/mol. The maximum absolute atomic E-state index is 13.7. The van der Waals surface area contributed by atoms with Crippen molar-refractivity contribution in [2.75, 3.05) is 14.2 Å². The van der Waals surface area contributed by atoms with Crippen molar-refractivity contribution in [3.8, 4) is 5.75 Å².